The molecule has 0 saturated carbocycles. The van der Waals surface area contributed by atoms with Crippen molar-refractivity contribution in [1.82, 2.24) is 4.90 Å². The highest BCUT2D eigenvalue weighted by molar-refractivity contribution is 7.80. The van der Waals surface area contributed by atoms with E-state index in [2.05, 4.69) is 24.5 Å². The second kappa shape index (κ2) is 5.04. The normalized spacial score (nSPS) is 26.2. The molecule has 1 unspecified atom stereocenters. The quantitative estimate of drug-likeness (QED) is 0.504. The maximum absolute atomic E-state index is 4.20. The smallest absolute Gasteiger partial charge is 0.00674 e. The summed E-state index contributed by atoms with van der Waals surface area (Å²) in [4.78, 5) is 2.60. The molecule has 0 aromatic rings. The van der Waals surface area contributed by atoms with Crippen LogP contribution in [0.2, 0.25) is 0 Å². The Morgan fingerprint density at radius 2 is 2.27 bits per heavy atom. The van der Waals surface area contributed by atoms with Crippen molar-refractivity contribution in [3.63, 3.8) is 0 Å². The number of rotatable bonds is 4. The van der Waals surface area contributed by atoms with E-state index < -0.39 is 0 Å². The Kier molecular flexibility index (Phi) is 4.31. The van der Waals surface area contributed by atoms with Gasteiger partial charge in [-0.05, 0) is 51.4 Å². The molecule has 0 aromatic carbocycles. The SMILES string of the molecule is CC1CCCN1CCCCS. The first kappa shape index (κ1) is 9.40. The molecule has 0 amide bonds. The Morgan fingerprint density at radius 1 is 1.45 bits per heavy atom. The van der Waals surface area contributed by atoms with Crippen molar-refractivity contribution in [2.45, 2.75) is 38.6 Å². The lowest BCUT2D eigenvalue weighted by atomic mass is 10.2. The lowest BCUT2D eigenvalue weighted by Crippen LogP contribution is -2.27. The maximum atomic E-state index is 4.20. The summed E-state index contributed by atoms with van der Waals surface area (Å²) in [5.41, 5.74) is 0. The van der Waals surface area contributed by atoms with E-state index >= 15 is 0 Å². The van der Waals surface area contributed by atoms with Gasteiger partial charge >= 0.3 is 0 Å². The summed E-state index contributed by atoms with van der Waals surface area (Å²) < 4.78 is 0. The van der Waals surface area contributed by atoms with Crippen LogP contribution in [0, 0.1) is 0 Å². The molecule has 0 N–H and O–H groups in total. The minimum absolute atomic E-state index is 0.843. The Bertz CT molecular complexity index is 106. The monoisotopic (exact) mass is 173 g/mol. The standard InChI is InChI=1S/C9H19NS/c1-9-5-4-7-10(9)6-2-3-8-11/h9,11H,2-8H2,1H3. The molecule has 1 saturated heterocycles. The van der Waals surface area contributed by atoms with Gasteiger partial charge in [0, 0.05) is 6.04 Å². The molecule has 1 rings (SSSR count). The van der Waals surface area contributed by atoms with Crippen LogP contribution in [0.4, 0.5) is 0 Å². The topological polar surface area (TPSA) is 3.24 Å². The second-order valence-electron chi connectivity index (χ2n) is 3.46. The van der Waals surface area contributed by atoms with Gasteiger partial charge in [0.1, 0.15) is 0 Å². The summed E-state index contributed by atoms with van der Waals surface area (Å²) in [5.74, 6) is 1.04. The summed E-state index contributed by atoms with van der Waals surface area (Å²) in [6.07, 6.45) is 5.41. The van der Waals surface area contributed by atoms with Crippen LogP contribution >= 0.6 is 12.6 Å². The minimum Gasteiger partial charge on any atom is -0.301 e. The van der Waals surface area contributed by atoms with Crippen LogP contribution in [0.15, 0.2) is 0 Å². The third-order valence-corrected chi connectivity index (χ3v) is 2.86. The lowest BCUT2D eigenvalue weighted by molar-refractivity contribution is 0.265. The van der Waals surface area contributed by atoms with Gasteiger partial charge in [0.2, 0.25) is 0 Å². The predicted molar refractivity (Wildman–Crippen MR) is 53.4 cm³/mol. The molecule has 66 valence electrons. The van der Waals surface area contributed by atoms with Gasteiger partial charge in [0.05, 0.1) is 0 Å². The molecule has 0 spiro atoms. The van der Waals surface area contributed by atoms with Crippen LogP contribution in [-0.4, -0.2) is 29.8 Å². The van der Waals surface area contributed by atoms with Crippen LogP contribution in [0.25, 0.3) is 0 Å². The zero-order valence-corrected chi connectivity index (χ0v) is 8.32. The highest BCUT2D eigenvalue weighted by Gasteiger charge is 2.18. The molecular formula is C9H19NS. The number of hydrogen-bond acceptors (Lipinski definition) is 2. The van der Waals surface area contributed by atoms with Crippen molar-refractivity contribution in [2.75, 3.05) is 18.8 Å². The fourth-order valence-electron chi connectivity index (χ4n) is 1.75. The van der Waals surface area contributed by atoms with Gasteiger partial charge in [-0.25, -0.2) is 0 Å². The van der Waals surface area contributed by atoms with Gasteiger partial charge in [-0.3, -0.25) is 0 Å². The maximum Gasteiger partial charge on any atom is 0.00674 e. The van der Waals surface area contributed by atoms with Gasteiger partial charge in [0.15, 0.2) is 0 Å². The number of unbranched alkanes of at least 4 members (excludes halogenated alkanes) is 1. The number of nitrogens with zero attached hydrogens (tertiary/aromatic N) is 1. The third-order valence-electron chi connectivity index (χ3n) is 2.54. The average Bonchev–Trinajstić information content (AvgIpc) is 2.37. The van der Waals surface area contributed by atoms with E-state index in [0.717, 1.165) is 11.8 Å². The van der Waals surface area contributed by atoms with E-state index in [9.17, 15) is 0 Å². The Morgan fingerprint density at radius 3 is 2.82 bits per heavy atom. The molecule has 1 aliphatic heterocycles. The van der Waals surface area contributed by atoms with Crippen LogP contribution < -0.4 is 0 Å². The molecule has 0 aliphatic carbocycles. The fourth-order valence-corrected chi connectivity index (χ4v) is 1.98. The van der Waals surface area contributed by atoms with Gasteiger partial charge < -0.3 is 4.90 Å². The minimum atomic E-state index is 0.843. The molecule has 0 bridgehead atoms. The second-order valence-corrected chi connectivity index (χ2v) is 3.91. The largest absolute Gasteiger partial charge is 0.301 e. The first-order valence-corrected chi connectivity index (χ1v) is 5.32. The molecule has 1 atom stereocenters. The molecule has 1 nitrogen and oxygen atoms in total. The summed E-state index contributed by atoms with van der Waals surface area (Å²) in [7, 11) is 0. The number of likely N-dealkylation sites (tertiary alicyclic amines) is 1. The lowest BCUT2D eigenvalue weighted by Gasteiger charge is -2.20. The van der Waals surface area contributed by atoms with Crippen LogP contribution in [-0.2, 0) is 0 Å². The Hall–Kier alpha value is 0.310. The zero-order chi connectivity index (χ0) is 8.10. The molecule has 1 heterocycles. The van der Waals surface area contributed by atoms with Crippen molar-refractivity contribution in [3.8, 4) is 0 Å². The van der Waals surface area contributed by atoms with Crippen molar-refractivity contribution in [3.05, 3.63) is 0 Å². The van der Waals surface area contributed by atoms with Crippen LogP contribution in [0.1, 0.15) is 32.6 Å². The van der Waals surface area contributed by atoms with Crippen LogP contribution in [0.5, 0.6) is 0 Å². The van der Waals surface area contributed by atoms with Gasteiger partial charge in [-0.1, -0.05) is 0 Å². The van der Waals surface area contributed by atoms with Crippen molar-refractivity contribution in [1.29, 1.82) is 0 Å². The van der Waals surface area contributed by atoms with E-state index in [1.54, 1.807) is 0 Å². The Labute approximate surface area is 75.6 Å². The Balaban J connectivity index is 2.05. The predicted octanol–water partition coefficient (Wildman–Crippen LogP) is 2.18. The molecule has 0 aromatic heterocycles. The average molecular weight is 173 g/mol. The number of hydrogen-bond donors (Lipinski definition) is 1. The van der Waals surface area contributed by atoms with E-state index in [4.69, 9.17) is 0 Å². The van der Waals surface area contributed by atoms with E-state index in [1.165, 1.54) is 38.8 Å². The molecule has 1 fully saturated rings. The first-order chi connectivity index (χ1) is 5.34. The molecular weight excluding hydrogens is 154 g/mol. The fraction of sp³-hybridized carbons (Fsp3) is 1.00. The van der Waals surface area contributed by atoms with Gasteiger partial charge in [-0.2, -0.15) is 12.6 Å². The number of thiol groups is 1. The summed E-state index contributed by atoms with van der Waals surface area (Å²) in [6.45, 7) is 4.96. The summed E-state index contributed by atoms with van der Waals surface area (Å²) in [5, 5.41) is 0. The third kappa shape index (κ3) is 3.04. The van der Waals surface area contributed by atoms with Gasteiger partial charge in [0.25, 0.3) is 0 Å². The highest BCUT2D eigenvalue weighted by atomic mass is 32.1. The van der Waals surface area contributed by atoms with Gasteiger partial charge in [-0.15, -0.1) is 0 Å². The molecule has 0 radical (unpaired) electrons. The van der Waals surface area contributed by atoms with E-state index in [0.29, 0.717) is 0 Å². The molecule has 1 aliphatic rings. The first-order valence-electron chi connectivity index (χ1n) is 4.69. The van der Waals surface area contributed by atoms with Crippen molar-refractivity contribution in [2.24, 2.45) is 0 Å². The molecule has 11 heavy (non-hydrogen) atoms. The van der Waals surface area contributed by atoms with Crippen LogP contribution in [0.3, 0.4) is 0 Å². The van der Waals surface area contributed by atoms with E-state index in [-0.39, 0.29) is 0 Å². The summed E-state index contributed by atoms with van der Waals surface area (Å²) >= 11 is 4.20. The zero-order valence-electron chi connectivity index (χ0n) is 7.42. The molecule has 2 heteroatoms. The highest BCUT2D eigenvalue weighted by Crippen LogP contribution is 2.16. The van der Waals surface area contributed by atoms with E-state index in [1.807, 2.05) is 0 Å². The van der Waals surface area contributed by atoms with Crippen molar-refractivity contribution < 1.29 is 0 Å². The van der Waals surface area contributed by atoms with Crippen molar-refractivity contribution >= 4 is 12.6 Å². The summed E-state index contributed by atoms with van der Waals surface area (Å²) in [6, 6.07) is 0.843.